The highest BCUT2D eigenvalue weighted by Crippen LogP contribution is 2.65. The van der Waals surface area contributed by atoms with E-state index in [-0.39, 0.29) is 25.0 Å². The van der Waals surface area contributed by atoms with E-state index < -0.39 is 23.5 Å². The van der Waals surface area contributed by atoms with E-state index in [1.54, 1.807) is 13.8 Å². The maximum Gasteiger partial charge on any atom is 0.323 e. The van der Waals surface area contributed by atoms with Gasteiger partial charge in [-0.05, 0) is 44.4 Å². The first-order valence-corrected chi connectivity index (χ1v) is 7.02. The number of hydrogen-bond acceptors (Lipinski definition) is 5. The average molecular weight is 270 g/mol. The van der Waals surface area contributed by atoms with Gasteiger partial charge in [-0.2, -0.15) is 0 Å². The molecule has 2 aliphatic carbocycles. The molecule has 0 spiro atoms. The van der Waals surface area contributed by atoms with Gasteiger partial charge in [-0.25, -0.2) is 0 Å². The fourth-order valence-electron chi connectivity index (χ4n) is 3.57. The smallest absolute Gasteiger partial charge is 0.323 e. The van der Waals surface area contributed by atoms with Crippen molar-refractivity contribution in [2.24, 2.45) is 23.7 Å². The van der Waals surface area contributed by atoms with E-state index in [4.69, 9.17) is 9.47 Å². The van der Waals surface area contributed by atoms with Gasteiger partial charge in [0.05, 0.1) is 18.8 Å². The summed E-state index contributed by atoms with van der Waals surface area (Å²) in [5, 5.41) is 10.7. The van der Waals surface area contributed by atoms with Gasteiger partial charge in [-0.1, -0.05) is 6.92 Å². The van der Waals surface area contributed by atoms with Gasteiger partial charge >= 0.3 is 11.9 Å². The third-order valence-corrected chi connectivity index (χ3v) is 4.38. The number of aliphatic hydroxyl groups is 1. The van der Waals surface area contributed by atoms with Gasteiger partial charge in [-0.15, -0.1) is 0 Å². The van der Waals surface area contributed by atoms with Gasteiger partial charge in [-0.3, -0.25) is 9.59 Å². The summed E-state index contributed by atoms with van der Waals surface area (Å²) >= 11 is 0. The molecule has 0 aromatic heterocycles. The van der Waals surface area contributed by atoms with Crippen LogP contribution in [0.3, 0.4) is 0 Å². The minimum Gasteiger partial charge on any atom is -0.465 e. The molecule has 1 N–H and O–H groups in total. The van der Waals surface area contributed by atoms with Crippen molar-refractivity contribution in [3.63, 3.8) is 0 Å². The summed E-state index contributed by atoms with van der Waals surface area (Å²) in [6.07, 6.45) is 1.72. The van der Waals surface area contributed by atoms with Crippen LogP contribution in [0.5, 0.6) is 0 Å². The lowest BCUT2D eigenvalue weighted by Gasteiger charge is -2.24. The largest absolute Gasteiger partial charge is 0.465 e. The molecule has 2 rings (SSSR count). The second-order valence-electron chi connectivity index (χ2n) is 5.61. The van der Waals surface area contributed by atoms with E-state index in [0.717, 1.165) is 12.8 Å². The molecule has 0 aromatic carbocycles. The Morgan fingerprint density at radius 2 is 1.58 bits per heavy atom. The zero-order valence-electron chi connectivity index (χ0n) is 11.7. The van der Waals surface area contributed by atoms with Crippen LogP contribution in [-0.4, -0.2) is 35.9 Å². The zero-order chi connectivity index (χ0) is 14.2. The molecule has 0 amide bonds. The van der Waals surface area contributed by atoms with Crippen LogP contribution >= 0.6 is 0 Å². The predicted octanol–water partition coefficient (Wildman–Crippen LogP) is 1.14. The topological polar surface area (TPSA) is 72.8 Å². The average Bonchev–Trinajstić information content (AvgIpc) is 2.72. The quantitative estimate of drug-likeness (QED) is 0.599. The van der Waals surface area contributed by atoms with Crippen LogP contribution < -0.4 is 0 Å². The van der Waals surface area contributed by atoms with Gasteiger partial charge in [0.2, 0.25) is 0 Å². The molecule has 0 bridgehead atoms. The second-order valence-corrected chi connectivity index (χ2v) is 5.61. The summed E-state index contributed by atoms with van der Waals surface area (Å²) in [6.45, 7) is 5.86. The van der Waals surface area contributed by atoms with Gasteiger partial charge in [0.1, 0.15) is 0 Å². The Labute approximate surface area is 113 Å². The monoisotopic (exact) mass is 270 g/mol. The number of ether oxygens (including phenoxy) is 2. The minimum absolute atomic E-state index is 0.0290. The van der Waals surface area contributed by atoms with Crippen LogP contribution in [0.2, 0.25) is 0 Å². The molecule has 2 aliphatic rings. The molecule has 5 nitrogen and oxygen atoms in total. The molecular formula is C14H22O5. The fraction of sp³-hybridized carbons (Fsp3) is 0.857. The van der Waals surface area contributed by atoms with Crippen LogP contribution in [-0.2, 0) is 19.1 Å². The molecular weight excluding hydrogens is 248 g/mol. The fourth-order valence-corrected chi connectivity index (χ4v) is 3.57. The molecule has 5 heteroatoms. The van der Waals surface area contributed by atoms with E-state index in [0.29, 0.717) is 5.92 Å². The van der Waals surface area contributed by atoms with E-state index >= 15 is 0 Å². The lowest BCUT2D eigenvalue weighted by molar-refractivity contribution is -0.170. The molecule has 108 valence electrons. The standard InChI is InChI=1S/C14H22O5/c1-4-18-12(15)11(13(16)19-5-2)14(17)9-6-8(3)7-10(9)14/h8-11,17H,4-7H2,1-3H3/t8?,9-,10+,14?. The Morgan fingerprint density at radius 3 is 1.95 bits per heavy atom. The van der Waals surface area contributed by atoms with Crippen molar-refractivity contribution >= 4 is 11.9 Å². The second kappa shape index (κ2) is 5.12. The Morgan fingerprint density at radius 1 is 1.16 bits per heavy atom. The number of fused-ring (bicyclic) bond motifs is 1. The number of hydrogen-bond donors (Lipinski definition) is 1. The third kappa shape index (κ3) is 2.24. The van der Waals surface area contributed by atoms with Crippen molar-refractivity contribution < 1.29 is 24.2 Å². The number of carbonyl (C=O) groups is 2. The predicted molar refractivity (Wildman–Crippen MR) is 67.1 cm³/mol. The van der Waals surface area contributed by atoms with Crippen molar-refractivity contribution in [2.45, 2.75) is 39.2 Å². The highest BCUT2D eigenvalue weighted by atomic mass is 16.6. The molecule has 2 saturated carbocycles. The van der Waals surface area contributed by atoms with Crippen molar-refractivity contribution in [3.8, 4) is 0 Å². The Bertz CT molecular complexity index is 348. The van der Waals surface area contributed by atoms with Gasteiger partial charge in [0.25, 0.3) is 0 Å². The molecule has 0 aromatic rings. The van der Waals surface area contributed by atoms with Crippen molar-refractivity contribution in [1.82, 2.24) is 0 Å². The molecule has 0 radical (unpaired) electrons. The highest BCUT2D eigenvalue weighted by Gasteiger charge is 2.74. The first-order chi connectivity index (χ1) is 8.96. The molecule has 2 fully saturated rings. The molecule has 0 saturated heterocycles. The molecule has 0 heterocycles. The molecule has 0 aliphatic heterocycles. The van der Waals surface area contributed by atoms with E-state index in [2.05, 4.69) is 6.92 Å². The number of esters is 2. The van der Waals surface area contributed by atoms with E-state index in [1.807, 2.05) is 0 Å². The Kier molecular flexibility index (Phi) is 3.85. The summed E-state index contributed by atoms with van der Waals surface area (Å²) in [5.41, 5.74) is -1.25. The summed E-state index contributed by atoms with van der Waals surface area (Å²) in [7, 11) is 0. The minimum atomic E-state index is -1.25. The van der Waals surface area contributed by atoms with Gasteiger partial charge in [0.15, 0.2) is 5.92 Å². The molecule has 4 atom stereocenters. The Balaban J connectivity index is 2.15. The van der Waals surface area contributed by atoms with Crippen LogP contribution in [0, 0.1) is 23.7 Å². The lowest BCUT2D eigenvalue weighted by atomic mass is 9.89. The third-order valence-electron chi connectivity index (χ3n) is 4.38. The summed E-state index contributed by atoms with van der Waals surface area (Å²) in [5.74, 6) is -1.91. The maximum absolute atomic E-state index is 12.0. The first-order valence-electron chi connectivity index (χ1n) is 7.02. The highest BCUT2D eigenvalue weighted by molar-refractivity contribution is 5.97. The van der Waals surface area contributed by atoms with Crippen molar-refractivity contribution in [3.05, 3.63) is 0 Å². The van der Waals surface area contributed by atoms with Gasteiger partial charge < -0.3 is 14.6 Å². The Hall–Kier alpha value is -1.10. The molecule has 19 heavy (non-hydrogen) atoms. The first kappa shape index (κ1) is 14.3. The SMILES string of the molecule is CCOC(=O)C(C(=O)OCC)C1(O)[C@@H]2CC(C)C[C@@H]21. The van der Waals surface area contributed by atoms with Crippen LogP contribution in [0.25, 0.3) is 0 Å². The normalized spacial score (nSPS) is 35.9. The molecule has 2 unspecified atom stereocenters. The van der Waals surface area contributed by atoms with E-state index in [9.17, 15) is 14.7 Å². The number of rotatable bonds is 5. The van der Waals surface area contributed by atoms with Crippen LogP contribution in [0.1, 0.15) is 33.6 Å². The van der Waals surface area contributed by atoms with Gasteiger partial charge in [0, 0.05) is 0 Å². The summed E-state index contributed by atoms with van der Waals surface area (Å²) < 4.78 is 9.86. The van der Waals surface area contributed by atoms with E-state index in [1.165, 1.54) is 0 Å². The van der Waals surface area contributed by atoms with Crippen molar-refractivity contribution in [1.29, 1.82) is 0 Å². The lowest BCUT2D eigenvalue weighted by Crippen LogP contribution is -2.42. The summed E-state index contributed by atoms with van der Waals surface area (Å²) in [6, 6.07) is 0. The maximum atomic E-state index is 12.0. The summed E-state index contributed by atoms with van der Waals surface area (Å²) in [4.78, 5) is 24.0. The zero-order valence-corrected chi connectivity index (χ0v) is 11.7. The van der Waals surface area contributed by atoms with Crippen LogP contribution in [0.4, 0.5) is 0 Å². The van der Waals surface area contributed by atoms with Crippen molar-refractivity contribution in [2.75, 3.05) is 13.2 Å². The number of carbonyl (C=O) groups excluding carboxylic acids is 2. The van der Waals surface area contributed by atoms with Crippen LogP contribution in [0.15, 0.2) is 0 Å².